The Labute approximate surface area is 173 Å². The molecule has 2 aromatic carbocycles. The highest BCUT2D eigenvalue weighted by Gasteiger charge is 2.17. The third kappa shape index (κ3) is 4.01. The van der Waals surface area contributed by atoms with Crippen molar-refractivity contribution in [3.63, 3.8) is 0 Å². The molecule has 0 atom stereocenters. The molecular weight excluding hydrogens is 406 g/mol. The van der Waals surface area contributed by atoms with Gasteiger partial charge in [0.25, 0.3) is 0 Å². The zero-order valence-corrected chi connectivity index (χ0v) is 17.3. The summed E-state index contributed by atoms with van der Waals surface area (Å²) in [5.41, 5.74) is 3.21. The first-order valence-corrected chi connectivity index (χ1v) is 11.2. The van der Waals surface area contributed by atoms with Crippen LogP contribution in [0.3, 0.4) is 0 Å². The minimum atomic E-state index is -3.59. The molecule has 0 aliphatic heterocycles. The van der Waals surface area contributed by atoms with Gasteiger partial charge in [0.1, 0.15) is 12.2 Å². The Balaban J connectivity index is 1.54. The highest BCUT2D eigenvalue weighted by Crippen LogP contribution is 2.28. The molecule has 0 spiro atoms. The van der Waals surface area contributed by atoms with E-state index in [4.69, 9.17) is 9.15 Å². The van der Waals surface area contributed by atoms with Crippen LogP contribution in [0.1, 0.15) is 40.4 Å². The number of hydrogen-bond acceptors (Lipinski definition) is 6. The van der Waals surface area contributed by atoms with Crippen LogP contribution >= 0.6 is 0 Å². The Morgan fingerprint density at radius 3 is 2.50 bits per heavy atom. The SMILES string of the molecule is CCNS(=O)(=O)c1ccc(C(=O)OCc2cc(=O)oc3cc4c(cc23)CCC4)cc1. The number of benzene rings is 2. The quantitative estimate of drug-likeness (QED) is 0.479. The fourth-order valence-electron chi connectivity index (χ4n) is 3.68. The monoisotopic (exact) mass is 427 g/mol. The van der Waals surface area contributed by atoms with E-state index >= 15 is 0 Å². The summed E-state index contributed by atoms with van der Waals surface area (Å²) in [6.07, 6.45) is 3.01. The largest absolute Gasteiger partial charge is 0.457 e. The molecule has 1 aliphatic carbocycles. The molecular formula is C22H21NO6S. The molecule has 3 aromatic rings. The van der Waals surface area contributed by atoms with E-state index < -0.39 is 21.6 Å². The lowest BCUT2D eigenvalue weighted by Crippen LogP contribution is -2.23. The van der Waals surface area contributed by atoms with E-state index in [0.717, 1.165) is 24.6 Å². The van der Waals surface area contributed by atoms with Crippen molar-refractivity contribution in [1.82, 2.24) is 4.72 Å². The normalized spacial score (nSPS) is 13.4. The number of carbonyl (C=O) groups excluding carboxylic acids is 1. The molecule has 0 bridgehead atoms. The van der Waals surface area contributed by atoms with E-state index in [2.05, 4.69) is 4.72 Å². The van der Waals surface area contributed by atoms with Crippen LogP contribution < -0.4 is 10.3 Å². The first-order valence-electron chi connectivity index (χ1n) is 9.73. The molecule has 30 heavy (non-hydrogen) atoms. The van der Waals surface area contributed by atoms with Crippen LogP contribution in [0.15, 0.2) is 56.6 Å². The Morgan fingerprint density at radius 2 is 1.80 bits per heavy atom. The van der Waals surface area contributed by atoms with E-state index in [0.29, 0.717) is 11.1 Å². The van der Waals surface area contributed by atoms with Crippen LogP contribution in [0.25, 0.3) is 11.0 Å². The Bertz CT molecular complexity index is 1280. The molecule has 156 valence electrons. The number of rotatable bonds is 6. The van der Waals surface area contributed by atoms with Gasteiger partial charge in [-0.1, -0.05) is 6.92 Å². The summed E-state index contributed by atoms with van der Waals surface area (Å²) in [5, 5.41) is 0.759. The molecule has 7 nitrogen and oxygen atoms in total. The maximum Gasteiger partial charge on any atom is 0.338 e. The number of fused-ring (bicyclic) bond motifs is 2. The molecule has 0 amide bonds. The molecule has 0 fully saturated rings. The highest BCUT2D eigenvalue weighted by atomic mass is 32.2. The maximum absolute atomic E-state index is 12.4. The third-order valence-electron chi connectivity index (χ3n) is 5.14. The average Bonchev–Trinajstić information content (AvgIpc) is 3.17. The molecule has 1 heterocycles. The van der Waals surface area contributed by atoms with Crippen LogP contribution in [0.2, 0.25) is 0 Å². The summed E-state index contributed by atoms with van der Waals surface area (Å²) >= 11 is 0. The van der Waals surface area contributed by atoms with Crippen LogP contribution in [0, 0.1) is 0 Å². The van der Waals surface area contributed by atoms with Crippen LogP contribution in [0.4, 0.5) is 0 Å². The van der Waals surface area contributed by atoms with Crippen molar-refractivity contribution in [3.8, 4) is 0 Å². The second-order valence-electron chi connectivity index (χ2n) is 7.16. The second-order valence-corrected chi connectivity index (χ2v) is 8.93. The van der Waals surface area contributed by atoms with Crippen molar-refractivity contribution in [1.29, 1.82) is 0 Å². The number of esters is 1. The number of carbonyl (C=O) groups is 1. The second kappa shape index (κ2) is 8.04. The standard InChI is InChI=1S/C22H21NO6S/c1-2-23-30(26,27)18-8-6-14(7-9-18)22(25)28-13-17-12-21(24)29-20-11-16-5-3-4-15(16)10-19(17)20/h6-12,23H,2-5,13H2,1H3. The van der Waals surface area contributed by atoms with Crippen molar-refractivity contribution in [3.05, 3.63) is 75.1 Å². The summed E-state index contributed by atoms with van der Waals surface area (Å²) < 4.78 is 37.1. The summed E-state index contributed by atoms with van der Waals surface area (Å²) in [6, 6.07) is 10.7. The minimum absolute atomic E-state index is 0.0708. The van der Waals surface area contributed by atoms with Crippen LogP contribution in [0.5, 0.6) is 0 Å². The number of sulfonamides is 1. The lowest BCUT2D eigenvalue weighted by Gasteiger charge is -2.10. The zero-order chi connectivity index (χ0) is 21.3. The number of hydrogen-bond donors (Lipinski definition) is 1. The molecule has 0 saturated heterocycles. The lowest BCUT2D eigenvalue weighted by molar-refractivity contribution is 0.0473. The molecule has 1 N–H and O–H groups in total. The number of ether oxygens (including phenoxy) is 1. The van der Waals surface area contributed by atoms with Crippen molar-refractivity contribution < 1.29 is 22.4 Å². The number of nitrogens with one attached hydrogen (secondary N) is 1. The van der Waals surface area contributed by atoms with Gasteiger partial charge in [-0.2, -0.15) is 0 Å². The predicted molar refractivity (Wildman–Crippen MR) is 111 cm³/mol. The van der Waals surface area contributed by atoms with Crippen molar-refractivity contribution >= 4 is 27.0 Å². The first-order chi connectivity index (χ1) is 14.4. The highest BCUT2D eigenvalue weighted by molar-refractivity contribution is 7.89. The predicted octanol–water partition coefficient (Wildman–Crippen LogP) is 2.94. The Hall–Kier alpha value is -2.97. The lowest BCUT2D eigenvalue weighted by atomic mass is 10.0. The summed E-state index contributed by atoms with van der Waals surface area (Å²) in [5.74, 6) is -0.607. The smallest absolute Gasteiger partial charge is 0.338 e. The average molecular weight is 427 g/mol. The molecule has 0 saturated carbocycles. The molecule has 1 aromatic heterocycles. The fourth-order valence-corrected chi connectivity index (χ4v) is 4.73. The minimum Gasteiger partial charge on any atom is -0.457 e. The van der Waals surface area contributed by atoms with E-state index in [1.807, 2.05) is 12.1 Å². The Morgan fingerprint density at radius 1 is 1.10 bits per heavy atom. The zero-order valence-electron chi connectivity index (χ0n) is 16.4. The fraction of sp³-hybridized carbons (Fsp3) is 0.273. The van der Waals surface area contributed by atoms with Crippen molar-refractivity contribution in [2.75, 3.05) is 6.54 Å². The summed E-state index contributed by atoms with van der Waals surface area (Å²) in [4.78, 5) is 24.4. The first kappa shape index (κ1) is 20.3. The summed E-state index contributed by atoms with van der Waals surface area (Å²) in [6.45, 7) is 1.87. The van der Waals surface area contributed by atoms with Crippen molar-refractivity contribution in [2.24, 2.45) is 0 Å². The van der Waals surface area contributed by atoms with Gasteiger partial charge in [-0.25, -0.2) is 22.7 Å². The molecule has 4 rings (SSSR count). The van der Waals surface area contributed by atoms with Crippen LogP contribution in [-0.2, 0) is 34.2 Å². The van der Waals surface area contributed by atoms with Gasteiger partial charge in [-0.05, 0) is 66.8 Å². The maximum atomic E-state index is 12.4. The topological polar surface area (TPSA) is 103 Å². The van der Waals surface area contributed by atoms with Gasteiger partial charge in [0.2, 0.25) is 10.0 Å². The Kier molecular flexibility index (Phi) is 5.44. The molecule has 8 heteroatoms. The van der Waals surface area contributed by atoms with E-state index in [-0.39, 0.29) is 23.6 Å². The van der Waals surface area contributed by atoms with Gasteiger partial charge in [-0.3, -0.25) is 0 Å². The molecule has 1 aliphatic rings. The third-order valence-corrected chi connectivity index (χ3v) is 6.70. The van der Waals surface area contributed by atoms with E-state index in [1.54, 1.807) is 6.92 Å². The number of aryl methyl sites for hydroxylation is 2. The molecule has 0 radical (unpaired) electrons. The molecule has 0 unspecified atom stereocenters. The van der Waals surface area contributed by atoms with Gasteiger partial charge in [0.15, 0.2) is 0 Å². The van der Waals surface area contributed by atoms with Gasteiger partial charge in [0, 0.05) is 23.6 Å². The van der Waals surface area contributed by atoms with Gasteiger partial charge < -0.3 is 9.15 Å². The summed E-state index contributed by atoms with van der Waals surface area (Å²) in [7, 11) is -3.59. The van der Waals surface area contributed by atoms with Crippen molar-refractivity contribution in [2.45, 2.75) is 37.7 Å². The van der Waals surface area contributed by atoms with Gasteiger partial charge >= 0.3 is 11.6 Å². The van der Waals surface area contributed by atoms with Gasteiger partial charge in [0.05, 0.1) is 10.5 Å². The van der Waals surface area contributed by atoms with E-state index in [1.165, 1.54) is 41.5 Å². The van der Waals surface area contributed by atoms with Gasteiger partial charge in [-0.15, -0.1) is 0 Å². The van der Waals surface area contributed by atoms with Crippen LogP contribution in [-0.4, -0.2) is 20.9 Å². The van der Waals surface area contributed by atoms with E-state index in [9.17, 15) is 18.0 Å².